The Morgan fingerprint density at radius 2 is 1.93 bits per heavy atom. The fourth-order valence-corrected chi connectivity index (χ4v) is 3.11. The molecule has 0 aromatic rings. The molecule has 0 N–H and O–H groups in total. The van der Waals surface area contributed by atoms with Crippen LogP contribution in [0.2, 0.25) is 0 Å². The number of nitrogens with zero attached hydrogens (tertiary/aromatic N) is 2. The molecule has 0 radical (unpaired) electrons. The van der Waals surface area contributed by atoms with Crippen LogP contribution in [0.1, 0.15) is 13.3 Å². The standard InChI is InChI=1S/C9H20N2O2S/c1-8-7-11(14(4,12)13)6-5-9(8)10(2)3/h8-9H,5-7H2,1-4H3. The zero-order valence-corrected chi connectivity index (χ0v) is 10.2. The normalized spacial score (nSPS) is 30.9. The van der Waals surface area contributed by atoms with Gasteiger partial charge in [-0.3, -0.25) is 0 Å². The Kier molecular flexibility index (Phi) is 3.55. The van der Waals surface area contributed by atoms with Gasteiger partial charge in [-0.2, -0.15) is 0 Å². The molecule has 1 fully saturated rings. The highest BCUT2D eigenvalue weighted by molar-refractivity contribution is 7.88. The van der Waals surface area contributed by atoms with Crippen molar-refractivity contribution in [3.8, 4) is 0 Å². The Bertz CT molecular complexity index is 287. The highest BCUT2D eigenvalue weighted by Gasteiger charge is 2.31. The van der Waals surface area contributed by atoms with Crippen LogP contribution in [0.25, 0.3) is 0 Å². The number of hydrogen-bond donors (Lipinski definition) is 0. The summed E-state index contributed by atoms with van der Waals surface area (Å²) in [5.41, 5.74) is 0. The Morgan fingerprint density at radius 3 is 2.29 bits per heavy atom. The van der Waals surface area contributed by atoms with Crippen molar-refractivity contribution in [1.82, 2.24) is 9.21 Å². The lowest BCUT2D eigenvalue weighted by molar-refractivity contribution is 0.139. The molecule has 0 spiro atoms. The van der Waals surface area contributed by atoms with Crippen LogP contribution < -0.4 is 0 Å². The van der Waals surface area contributed by atoms with Gasteiger partial charge in [-0.15, -0.1) is 0 Å². The van der Waals surface area contributed by atoms with Gasteiger partial charge in [0.15, 0.2) is 0 Å². The Balaban J connectivity index is 2.64. The smallest absolute Gasteiger partial charge is 0.211 e. The average Bonchev–Trinajstić information content (AvgIpc) is 2.01. The summed E-state index contributed by atoms with van der Waals surface area (Å²) in [6.45, 7) is 3.43. The number of sulfonamides is 1. The molecule has 1 aliphatic rings. The molecule has 1 heterocycles. The fraction of sp³-hybridized carbons (Fsp3) is 1.00. The van der Waals surface area contributed by atoms with Crippen LogP contribution in [-0.2, 0) is 10.0 Å². The Labute approximate surface area is 86.9 Å². The molecule has 84 valence electrons. The highest BCUT2D eigenvalue weighted by Crippen LogP contribution is 2.21. The van der Waals surface area contributed by atoms with Crippen molar-refractivity contribution in [2.24, 2.45) is 5.92 Å². The van der Waals surface area contributed by atoms with Crippen LogP contribution in [0, 0.1) is 5.92 Å². The van der Waals surface area contributed by atoms with Crippen LogP contribution in [0.15, 0.2) is 0 Å². The molecule has 0 aliphatic carbocycles. The van der Waals surface area contributed by atoms with Crippen molar-refractivity contribution in [3.63, 3.8) is 0 Å². The number of rotatable bonds is 2. The maximum Gasteiger partial charge on any atom is 0.211 e. The molecule has 0 bridgehead atoms. The van der Waals surface area contributed by atoms with E-state index < -0.39 is 10.0 Å². The molecule has 1 aliphatic heterocycles. The second kappa shape index (κ2) is 4.16. The first-order chi connectivity index (χ1) is 6.32. The summed E-state index contributed by atoms with van der Waals surface area (Å²) in [7, 11) is 1.11. The summed E-state index contributed by atoms with van der Waals surface area (Å²) < 4.78 is 24.2. The lowest BCUT2D eigenvalue weighted by atomic mass is 9.94. The number of hydrogen-bond acceptors (Lipinski definition) is 3. The predicted octanol–water partition coefficient (Wildman–Crippen LogP) is 0.218. The summed E-state index contributed by atoms with van der Waals surface area (Å²) >= 11 is 0. The minimum Gasteiger partial charge on any atom is -0.306 e. The fourth-order valence-electron chi connectivity index (χ4n) is 2.16. The van der Waals surface area contributed by atoms with Crippen molar-refractivity contribution < 1.29 is 8.42 Å². The molecule has 14 heavy (non-hydrogen) atoms. The lowest BCUT2D eigenvalue weighted by Crippen LogP contribution is -2.49. The van der Waals surface area contributed by atoms with E-state index in [1.807, 2.05) is 0 Å². The minimum absolute atomic E-state index is 0.411. The average molecular weight is 220 g/mol. The third-order valence-electron chi connectivity index (χ3n) is 2.96. The summed E-state index contributed by atoms with van der Waals surface area (Å²) in [6.07, 6.45) is 2.22. The summed E-state index contributed by atoms with van der Waals surface area (Å²) in [5, 5.41) is 0. The van der Waals surface area contributed by atoms with Gasteiger partial charge in [-0.1, -0.05) is 6.92 Å². The van der Waals surface area contributed by atoms with E-state index in [0.717, 1.165) is 6.42 Å². The van der Waals surface area contributed by atoms with Crippen LogP contribution in [0.5, 0.6) is 0 Å². The second-order valence-electron chi connectivity index (χ2n) is 4.42. The van der Waals surface area contributed by atoms with Crippen molar-refractivity contribution in [2.45, 2.75) is 19.4 Å². The Morgan fingerprint density at radius 1 is 1.36 bits per heavy atom. The molecule has 2 unspecified atom stereocenters. The third-order valence-corrected chi connectivity index (χ3v) is 4.22. The van der Waals surface area contributed by atoms with Crippen molar-refractivity contribution in [1.29, 1.82) is 0 Å². The highest BCUT2D eigenvalue weighted by atomic mass is 32.2. The van der Waals surface area contributed by atoms with Crippen molar-refractivity contribution in [3.05, 3.63) is 0 Å². The third kappa shape index (κ3) is 2.68. The zero-order chi connectivity index (χ0) is 10.9. The molecular weight excluding hydrogens is 200 g/mol. The molecule has 0 aromatic carbocycles. The molecule has 1 rings (SSSR count). The van der Waals surface area contributed by atoms with E-state index >= 15 is 0 Å². The van der Waals surface area contributed by atoms with E-state index in [2.05, 4.69) is 25.9 Å². The zero-order valence-electron chi connectivity index (χ0n) is 9.40. The maximum atomic E-state index is 11.3. The predicted molar refractivity (Wildman–Crippen MR) is 57.7 cm³/mol. The van der Waals surface area contributed by atoms with E-state index in [-0.39, 0.29) is 0 Å². The van der Waals surface area contributed by atoms with Crippen LogP contribution in [-0.4, -0.2) is 57.1 Å². The first-order valence-corrected chi connectivity index (χ1v) is 6.78. The van der Waals surface area contributed by atoms with Gasteiger partial charge in [0.2, 0.25) is 10.0 Å². The van der Waals surface area contributed by atoms with Crippen LogP contribution in [0.4, 0.5) is 0 Å². The number of piperidine rings is 1. The molecule has 0 aromatic heterocycles. The summed E-state index contributed by atoms with van der Waals surface area (Å²) in [5.74, 6) is 0.411. The van der Waals surface area contributed by atoms with Gasteiger partial charge in [-0.05, 0) is 26.4 Å². The summed E-state index contributed by atoms with van der Waals surface area (Å²) in [4.78, 5) is 2.18. The van der Waals surface area contributed by atoms with Crippen LogP contribution in [0.3, 0.4) is 0 Å². The largest absolute Gasteiger partial charge is 0.306 e. The molecule has 4 nitrogen and oxygen atoms in total. The maximum absolute atomic E-state index is 11.3. The SMILES string of the molecule is CC1CN(S(C)(=O)=O)CCC1N(C)C. The first-order valence-electron chi connectivity index (χ1n) is 4.94. The lowest BCUT2D eigenvalue weighted by Gasteiger charge is -2.38. The first kappa shape index (κ1) is 11.9. The van der Waals surface area contributed by atoms with E-state index in [1.54, 1.807) is 4.31 Å². The molecule has 1 saturated heterocycles. The van der Waals surface area contributed by atoms with Gasteiger partial charge in [0.1, 0.15) is 0 Å². The van der Waals surface area contributed by atoms with Gasteiger partial charge in [-0.25, -0.2) is 12.7 Å². The minimum atomic E-state index is -2.99. The topological polar surface area (TPSA) is 40.6 Å². The monoisotopic (exact) mass is 220 g/mol. The van der Waals surface area contributed by atoms with Gasteiger partial charge in [0.25, 0.3) is 0 Å². The van der Waals surface area contributed by atoms with Crippen LogP contribution >= 0.6 is 0 Å². The van der Waals surface area contributed by atoms with Gasteiger partial charge in [0.05, 0.1) is 6.26 Å². The van der Waals surface area contributed by atoms with E-state index in [0.29, 0.717) is 25.0 Å². The Hall–Kier alpha value is -0.130. The quantitative estimate of drug-likeness (QED) is 0.668. The van der Waals surface area contributed by atoms with Gasteiger partial charge < -0.3 is 4.90 Å². The molecule has 0 saturated carbocycles. The van der Waals surface area contributed by atoms with E-state index in [9.17, 15) is 8.42 Å². The van der Waals surface area contributed by atoms with Crippen molar-refractivity contribution in [2.75, 3.05) is 33.4 Å². The van der Waals surface area contributed by atoms with Gasteiger partial charge in [0, 0.05) is 19.1 Å². The molecule has 5 heteroatoms. The van der Waals surface area contributed by atoms with E-state index in [1.165, 1.54) is 6.26 Å². The summed E-state index contributed by atoms with van der Waals surface area (Å²) in [6, 6.07) is 0.507. The van der Waals surface area contributed by atoms with E-state index in [4.69, 9.17) is 0 Å². The second-order valence-corrected chi connectivity index (χ2v) is 6.40. The molecular formula is C9H20N2O2S. The van der Waals surface area contributed by atoms with Crippen molar-refractivity contribution >= 4 is 10.0 Å². The molecule has 2 atom stereocenters. The molecule has 0 amide bonds. The van der Waals surface area contributed by atoms with Gasteiger partial charge >= 0.3 is 0 Å².